The molecule has 0 bridgehead atoms. The van der Waals surface area contributed by atoms with Crippen LogP contribution in [-0.2, 0) is 0 Å². The summed E-state index contributed by atoms with van der Waals surface area (Å²) in [6, 6.07) is 27.1. The van der Waals surface area contributed by atoms with E-state index in [0.29, 0.717) is 18.8 Å². The summed E-state index contributed by atoms with van der Waals surface area (Å²) in [4.78, 5) is 17.0. The first-order valence-corrected chi connectivity index (χ1v) is 11.5. The van der Waals surface area contributed by atoms with Crippen molar-refractivity contribution < 1.29 is 9.18 Å². The zero-order valence-corrected chi connectivity index (χ0v) is 19.0. The monoisotopic (exact) mass is 446 g/mol. The van der Waals surface area contributed by atoms with E-state index < -0.39 is 0 Å². The Balaban J connectivity index is 1.49. The largest absolute Gasteiger partial charge is 0.322 e. The second-order valence-corrected chi connectivity index (χ2v) is 8.26. The van der Waals surface area contributed by atoms with Gasteiger partial charge in [-0.3, -0.25) is 4.90 Å². The molecule has 172 valence electrons. The Morgan fingerprint density at radius 1 is 0.848 bits per heavy atom. The Kier molecular flexibility index (Phi) is 7.70. The van der Waals surface area contributed by atoms with Crippen molar-refractivity contribution in [2.45, 2.75) is 19.0 Å². The van der Waals surface area contributed by atoms with Gasteiger partial charge in [-0.25, -0.2) is 9.18 Å². The molecule has 1 saturated heterocycles. The third-order valence-corrected chi connectivity index (χ3v) is 6.13. The number of benzene rings is 3. The predicted octanol–water partition coefficient (Wildman–Crippen LogP) is 5.07. The van der Waals surface area contributed by atoms with Crippen LogP contribution in [-0.4, -0.2) is 48.6 Å². The Bertz CT molecular complexity index is 1010. The highest BCUT2D eigenvalue weighted by atomic mass is 19.1. The first kappa shape index (κ1) is 23.0. The van der Waals surface area contributed by atoms with Crippen LogP contribution >= 0.6 is 0 Å². The van der Waals surface area contributed by atoms with Gasteiger partial charge in [0.15, 0.2) is 0 Å². The van der Waals surface area contributed by atoms with Crippen LogP contribution in [0, 0.1) is 5.82 Å². The first-order chi connectivity index (χ1) is 16.2. The van der Waals surface area contributed by atoms with E-state index in [0.717, 1.165) is 19.6 Å². The number of nitrogens with one attached hydrogen (secondary N) is 2. The number of hydrogen-bond acceptors (Lipinski definition) is 3. The molecular formula is C27H31FN4O. The molecule has 3 aromatic carbocycles. The van der Waals surface area contributed by atoms with Gasteiger partial charge in [-0.2, -0.15) is 0 Å². The Morgan fingerprint density at radius 2 is 1.42 bits per heavy atom. The lowest BCUT2D eigenvalue weighted by Crippen LogP contribution is -2.52. The number of likely N-dealkylation sites (N-methyl/N-ethyl adjacent to an activating group) is 1. The van der Waals surface area contributed by atoms with E-state index in [1.54, 1.807) is 12.1 Å². The maximum atomic E-state index is 13.1. The summed E-state index contributed by atoms with van der Waals surface area (Å²) in [5.41, 5.74) is 3.11. The van der Waals surface area contributed by atoms with E-state index in [4.69, 9.17) is 0 Å². The summed E-state index contributed by atoms with van der Waals surface area (Å²) in [6.07, 6.45) is 0. The van der Waals surface area contributed by atoms with Crippen LogP contribution in [0.25, 0.3) is 0 Å². The quantitative estimate of drug-likeness (QED) is 0.533. The molecule has 2 unspecified atom stereocenters. The topological polar surface area (TPSA) is 47.6 Å². The predicted molar refractivity (Wildman–Crippen MR) is 131 cm³/mol. The molecule has 2 amide bonds. The second kappa shape index (κ2) is 11.1. The lowest BCUT2D eigenvalue weighted by atomic mass is 9.91. The third-order valence-electron chi connectivity index (χ3n) is 6.13. The number of hydrogen-bond donors (Lipinski definition) is 2. The van der Waals surface area contributed by atoms with Crippen molar-refractivity contribution in [3.8, 4) is 0 Å². The van der Waals surface area contributed by atoms with Crippen LogP contribution in [0.1, 0.15) is 30.1 Å². The highest BCUT2D eigenvalue weighted by Crippen LogP contribution is 2.35. The van der Waals surface area contributed by atoms with E-state index in [1.165, 1.54) is 23.3 Å². The zero-order valence-electron chi connectivity index (χ0n) is 19.0. The van der Waals surface area contributed by atoms with E-state index >= 15 is 0 Å². The maximum absolute atomic E-state index is 13.1. The fourth-order valence-corrected chi connectivity index (χ4v) is 4.50. The van der Waals surface area contributed by atoms with Gasteiger partial charge in [0, 0.05) is 31.9 Å². The van der Waals surface area contributed by atoms with Crippen molar-refractivity contribution in [1.82, 2.24) is 15.1 Å². The maximum Gasteiger partial charge on any atom is 0.321 e. The Labute approximate surface area is 195 Å². The van der Waals surface area contributed by atoms with Crippen molar-refractivity contribution in [1.29, 1.82) is 0 Å². The average molecular weight is 447 g/mol. The highest BCUT2D eigenvalue weighted by molar-refractivity contribution is 5.89. The van der Waals surface area contributed by atoms with Gasteiger partial charge < -0.3 is 15.5 Å². The van der Waals surface area contributed by atoms with Crippen molar-refractivity contribution in [2.75, 3.05) is 38.0 Å². The van der Waals surface area contributed by atoms with Crippen LogP contribution in [0.2, 0.25) is 0 Å². The molecule has 0 saturated carbocycles. The Morgan fingerprint density at radius 3 is 2.00 bits per heavy atom. The van der Waals surface area contributed by atoms with Crippen molar-refractivity contribution >= 4 is 11.7 Å². The van der Waals surface area contributed by atoms with Crippen LogP contribution in [0.4, 0.5) is 14.9 Å². The molecule has 33 heavy (non-hydrogen) atoms. The van der Waals surface area contributed by atoms with Gasteiger partial charge in [0.2, 0.25) is 0 Å². The molecule has 1 aliphatic rings. The van der Waals surface area contributed by atoms with Crippen LogP contribution in [0.15, 0.2) is 84.9 Å². The molecule has 6 heteroatoms. The lowest BCUT2D eigenvalue weighted by molar-refractivity contribution is 0.0933. The molecule has 0 radical (unpaired) electrons. The van der Waals surface area contributed by atoms with Gasteiger partial charge in [-0.15, -0.1) is 0 Å². The van der Waals surface area contributed by atoms with E-state index in [9.17, 15) is 9.18 Å². The average Bonchev–Trinajstić information content (AvgIpc) is 2.87. The number of nitrogens with zero attached hydrogens (tertiary/aromatic N) is 2. The van der Waals surface area contributed by atoms with Gasteiger partial charge in [0.1, 0.15) is 5.82 Å². The fraction of sp³-hybridized carbons (Fsp3) is 0.296. The number of carbonyl (C=O) groups excluding carboxylic acids is 1. The number of carbonyl (C=O) groups is 1. The van der Waals surface area contributed by atoms with Crippen LogP contribution in [0.5, 0.6) is 0 Å². The number of anilines is 1. The summed E-state index contributed by atoms with van der Waals surface area (Å²) in [6.45, 7) is 5.79. The molecular weight excluding hydrogens is 415 g/mol. The molecule has 4 rings (SSSR count). The van der Waals surface area contributed by atoms with Crippen molar-refractivity contribution in [3.63, 3.8) is 0 Å². The number of halogens is 1. The smallest absolute Gasteiger partial charge is 0.321 e. The van der Waals surface area contributed by atoms with Crippen LogP contribution < -0.4 is 10.6 Å². The van der Waals surface area contributed by atoms with Crippen LogP contribution in [0.3, 0.4) is 0 Å². The summed E-state index contributed by atoms with van der Waals surface area (Å²) in [5.74, 6) is -0.317. The number of amides is 2. The standard InChI is InChI=1S/C27H31FN4O/c1-2-29-25(21-9-5-3-6-10-21)26(22-11-7-4-8-12-22)31-17-19-32(20-18-31)27(33)30-24-15-13-23(28)14-16-24/h3-16,25-26,29H,2,17-20H2,1H3,(H,30,33). The summed E-state index contributed by atoms with van der Waals surface area (Å²) >= 11 is 0. The number of urea groups is 1. The zero-order chi connectivity index (χ0) is 23.0. The third kappa shape index (κ3) is 5.78. The van der Waals surface area contributed by atoms with E-state index in [-0.39, 0.29) is 23.9 Å². The van der Waals surface area contributed by atoms with Gasteiger partial charge in [-0.1, -0.05) is 67.6 Å². The van der Waals surface area contributed by atoms with E-state index in [2.05, 4.69) is 71.0 Å². The van der Waals surface area contributed by atoms with Crippen molar-refractivity contribution in [3.05, 3.63) is 102 Å². The molecule has 0 aromatic heterocycles. The molecule has 1 fully saturated rings. The molecule has 3 aromatic rings. The molecule has 2 atom stereocenters. The molecule has 2 N–H and O–H groups in total. The molecule has 5 nitrogen and oxygen atoms in total. The Hall–Kier alpha value is -3.22. The lowest BCUT2D eigenvalue weighted by Gasteiger charge is -2.43. The number of rotatable bonds is 7. The molecule has 0 aliphatic carbocycles. The molecule has 1 heterocycles. The second-order valence-electron chi connectivity index (χ2n) is 8.26. The molecule has 0 spiro atoms. The summed E-state index contributed by atoms with van der Waals surface area (Å²) < 4.78 is 13.1. The summed E-state index contributed by atoms with van der Waals surface area (Å²) in [5, 5.41) is 6.57. The van der Waals surface area contributed by atoms with Gasteiger partial charge in [0.05, 0.1) is 12.1 Å². The van der Waals surface area contributed by atoms with Gasteiger partial charge >= 0.3 is 6.03 Å². The minimum Gasteiger partial charge on any atom is -0.322 e. The SMILES string of the molecule is CCNC(c1ccccc1)C(c1ccccc1)N1CCN(C(=O)Nc2ccc(F)cc2)CC1. The molecule has 1 aliphatic heterocycles. The fourth-order valence-electron chi connectivity index (χ4n) is 4.50. The normalized spacial score (nSPS) is 16.2. The highest BCUT2D eigenvalue weighted by Gasteiger charge is 2.33. The van der Waals surface area contributed by atoms with Gasteiger partial charge in [0.25, 0.3) is 0 Å². The minimum atomic E-state index is -0.317. The van der Waals surface area contributed by atoms with E-state index in [1.807, 2.05) is 17.0 Å². The summed E-state index contributed by atoms with van der Waals surface area (Å²) in [7, 11) is 0. The minimum absolute atomic E-state index is 0.137. The first-order valence-electron chi connectivity index (χ1n) is 11.5. The van der Waals surface area contributed by atoms with Gasteiger partial charge in [-0.05, 0) is 41.9 Å². The van der Waals surface area contributed by atoms with Crippen molar-refractivity contribution in [2.24, 2.45) is 0 Å². The number of piperazine rings is 1.